The SMILES string of the molecule is CSCCn1ccc2ccc(CNC(C)C)cc21. The highest BCUT2D eigenvalue weighted by Gasteiger charge is 2.02. The Kier molecular flexibility index (Phi) is 4.72. The molecule has 0 fully saturated rings. The Hall–Kier alpha value is -0.930. The fourth-order valence-electron chi connectivity index (χ4n) is 2.05. The van der Waals surface area contributed by atoms with Crippen LogP contribution in [0.3, 0.4) is 0 Å². The van der Waals surface area contributed by atoms with Gasteiger partial charge in [0.15, 0.2) is 0 Å². The number of benzene rings is 1. The molecule has 0 aliphatic carbocycles. The number of fused-ring (bicyclic) bond motifs is 1. The zero-order valence-corrected chi connectivity index (χ0v) is 12.3. The number of aromatic nitrogens is 1. The summed E-state index contributed by atoms with van der Waals surface area (Å²) in [6, 6.07) is 9.49. The first-order chi connectivity index (χ1) is 8.70. The van der Waals surface area contributed by atoms with Crippen molar-refractivity contribution in [2.45, 2.75) is 33.0 Å². The number of thioether (sulfide) groups is 1. The van der Waals surface area contributed by atoms with Crippen LogP contribution in [0.5, 0.6) is 0 Å². The van der Waals surface area contributed by atoms with Crippen LogP contribution in [0.1, 0.15) is 19.4 Å². The molecule has 2 rings (SSSR count). The maximum atomic E-state index is 3.47. The lowest BCUT2D eigenvalue weighted by atomic mass is 10.1. The predicted octanol–water partition coefficient (Wildman–Crippen LogP) is 3.50. The van der Waals surface area contributed by atoms with E-state index in [9.17, 15) is 0 Å². The molecular weight excluding hydrogens is 240 g/mol. The molecule has 98 valence electrons. The number of hydrogen-bond acceptors (Lipinski definition) is 2. The minimum atomic E-state index is 0.531. The number of nitrogens with zero attached hydrogens (tertiary/aromatic N) is 1. The average Bonchev–Trinajstić information content (AvgIpc) is 2.76. The molecule has 0 unspecified atom stereocenters. The van der Waals surface area contributed by atoms with E-state index in [-0.39, 0.29) is 0 Å². The Bertz CT molecular complexity index is 502. The van der Waals surface area contributed by atoms with Gasteiger partial charge in [0.1, 0.15) is 0 Å². The van der Waals surface area contributed by atoms with Crippen molar-refractivity contribution in [1.82, 2.24) is 9.88 Å². The molecule has 0 spiro atoms. The Balaban J connectivity index is 2.19. The van der Waals surface area contributed by atoms with Crippen LogP contribution < -0.4 is 5.32 Å². The molecule has 0 atom stereocenters. The van der Waals surface area contributed by atoms with Gasteiger partial charge in [0, 0.05) is 36.6 Å². The highest BCUT2D eigenvalue weighted by atomic mass is 32.2. The van der Waals surface area contributed by atoms with Gasteiger partial charge in [0.2, 0.25) is 0 Å². The Labute approximate surface area is 114 Å². The first-order valence-electron chi connectivity index (χ1n) is 6.51. The molecule has 1 N–H and O–H groups in total. The van der Waals surface area contributed by atoms with Gasteiger partial charge in [-0.15, -0.1) is 0 Å². The predicted molar refractivity (Wildman–Crippen MR) is 82.3 cm³/mol. The second kappa shape index (κ2) is 6.30. The Morgan fingerprint density at radius 1 is 1.28 bits per heavy atom. The van der Waals surface area contributed by atoms with Crippen LogP contribution in [0.15, 0.2) is 30.5 Å². The van der Waals surface area contributed by atoms with Crippen LogP contribution in [0.25, 0.3) is 10.9 Å². The third-order valence-electron chi connectivity index (χ3n) is 3.09. The van der Waals surface area contributed by atoms with Crippen molar-refractivity contribution in [3.63, 3.8) is 0 Å². The second-order valence-electron chi connectivity index (χ2n) is 4.93. The third kappa shape index (κ3) is 3.30. The lowest BCUT2D eigenvalue weighted by Gasteiger charge is -2.09. The minimum Gasteiger partial charge on any atom is -0.347 e. The summed E-state index contributed by atoms with van der Waals surface area (Å²) in [5.74, 6) is 1.16. The van der Waals surface area contributed by atoms with Crippen LogP contribution >= 0.6 is 11.8 Å². The summed E-state index contributed by atoms with van der Waals surface area (Å²) in [6.07, 6.45) is 4.35. The topological polar surface area (TPSA) is 17.0 Å². The minimum absolute atomic E-state index is 0.531. The van der Waals surface area contributed by atoms with Gasteiger partial charge >= 0.3 is 0 Å². The molecule has 0 bridgehead atoms. The van der Waals surface area contributed by atoms with Crippen molar-refractivity contribution >= 4 is 22.7 Å². The smallest absolute Gasteiger partial charge is 0.0483 e. The molecular formula is C15H22N2S. The zero-order valence-electron chi connectivity index (χ0n) is 11.4. The molecule has 18 heavy (non-hydrogen) atoms. The summed E-state index contributed by atoms with van der Waals surface area (Å²) in [6.45, 7) is 6.40. The van der Waals surface area contributed by atoms with E-state index in [4.69, 9.17) is 0 Å². The van der Waals surface area contributed by atoms with E-state index in [0.717, 1.165) is 18.8 Å². The van der Waals surface area contributed by atoms with E-state index in [2.05, 4.69) is 60.4 Å². The normalized spacial score (nSPS) is 11.6. The first-order valence-corrected chi connectivity index (χ1v) is 7.90. The van der Waals surface area contributed by atoms with Gasteiger partial charge in [-0.05, 0) is 29.3 Å². The highest BCUT2D eigenvalue weighted by molar-refractivity contribution is 7.98. The van der Waals surface area contributed by atoms with Crippen LogP contribution in [-0.4, -0.2) is 22.6 Å². The van der Waals surface area contributed by atoms with Gasteiger partial charge in [-0.2, -0.15) is 11.8 Å². The lowest BCUT2D eigenvalue weighted by molar-refractivity contribution is 0.589. The van der Waals surface area contributed by atoms with Crippen molar-refractivity contribution in [1.29, 1.82) is 0 Å². The number of rotatable bonds is 6. The summed E-state index contributed by atoms with van der Waals surface area (Å²) in [7, 11) is 0. The second-order valence-corrected chi connectivity index (χ2v) is 5.92. The van der Waals surface area contributed by atoms with Gasteiger partial charge in [-0.25, -0.2) is 0 Å². The molecule has 0 aliphatic heterocycles. The van der Waals surface area contributed by atoms with E-state index in [1.165, 1.54) is 16.5 Å². The van der Waals surface area contributed by atoms with E-state index >= 15 is 0 Å². The Morgan fingerprint density at radius 3 is 2.83 bits per heavy atom. The average molecular weight is 262 g/mol. The van der Waals surface area contributed by atoms with Crippen LogP contribution in [-0.2, 0) is 13.1 Å². The van der Waals surface area contributed by atoms with Crippen molar-refractivity contribution in [3.8, 4) is 0 Å². The quantitative estimate of drug-likeness (QED) is 0.858. The molecule has 3 heteroatoms. The van der Waals surface area contributed by atoms with E-state index in [1.807, 2.05) is 11.8 Å². The molecule has 2 aromatic rings. The molecule has 0 saturated carbocycles. The van der Waals surface area contributed by atoms with Crippen LogP contribution in [0, 0.1) is 0 Å². The summed E-state index contributed by atoms with van der Waals surface area (Å²) < 4.78 is 2.35. The summed E-state index contributed by atoms with van der Waals surface area (Å²) in [4.78, 5) is 0. The lowest BCUT2D eigenvalue weighted by Crippen LogP contribution is -2.21. The monoisotopic (exact) mass is 262 g/mol. The zero-order chi connectivity index (χ0) is 13.0. The van der Waals surface area contributed by atoms with E-state index < -0.39 is 0 Å². The summed E-state index contributed by atoms with van der Waals surface area (Å²) in [5, 5.41) is 4.81. The first kappa shape index (κ1) is 13.5. The molecule has 1 heterocycles. The van der Waals surface area contributed by atoms with Gasteiger partial charge in [0.05, 0.1) is 0 Å². The molecule has 0 saturated heterocycles. The van der Waals surface area contributed by atoms with Crippen LogP contribution in [0.2, 0.25) is 0 Å². The van der Waals surface area contributed by atoms with E-state index in [1.54, 1.807) is 0 Å². The summed E-state index contributed by atoms with van der Waals surface area (Å²) in [5.41, 5.74) is 2.72. The fraction of sp³-hybridized carbons (Fsp3) is 0.467. The van der Waals surface area contributed by atoms with Crippen LogP contribution in [0.4, 0.5) is 0 Å². The van der Waals surface area contributed by atoms with Gasteiger partial charge < -0.3 is 9.88 Å². The molecule has 0 aliphatic rings. The van der Waals surface area contributed by atoms with Gasteiger partial charge in [-0.3, -0.25) is 0 Å². The van der Waals surface area contributed by atoms with Gasteiger partial charge in [-0.1, -0.05) is 26.0 Å². The Morgan fingerprint density at radius 2 is 2.11 bits per heavy atom. The molecule has 1 aromatic carbocycles. The highest BCUT2D eigenvalue weighted by Crippen LogP contribution is 2.18. The standard InChI is InChI=1S/C15H22N2S/c1-12(2)16-11-13-4-5-14-6-7-17(8-9-18-3)15(14)10-13/h4-7,10,12,16H,8-9,11H2,1-3H3. The maximum absolute atomic E-state index is 3.47. The number of aryl methyl sites for hydroxylation is 1. The van der Waals surface area contributed by atoms with Crippen molar-refractivity contribution in [2.24, 2.45) is 0 Å². The van der Waals surface area contributed by atoms with Crippen molar-refractivity contribution in [2.75, 3.05) is 12.0 Å². The summed E-state index contributed by atoms with van der Waals surface area (Å²) >= 11 is 1.89. The van der Waals surface area contributed by atoms with Crippen molar-refractivity contribution in [3.05, 3.63) is 36.0 Å². The van der Waals surface area contributed by atoms with Crippen molar-refractivity contribution < 1.29 is 0 Å². The largest absolute Gasteiger partial charge is 0.347 e. The fourth-order valence-corrected chi connectivity index (χ4v) is 2.43. The third-order valence-corrected chi connectivity index (χ3v) is 3.68. The number of nitrogens with one attached hydrogen (secondary N) is 1. The van der Waals surface area contributed by atoms with E-state index in [0.29, 0.717) is 6.04 Å². The maximum Gasteiger partial charge on any atom is 0.0483 e. The molecule has 0 amide bonds. The number of hydrogen-bond donors (Lipinski definition) is 1. The van der Waals surface area contributed by atoms with Gasteiger partial charge in [0.25, 0.3) is 0 Å². The molecule has 2 nitrogen and oxygen atoms in total. The molecule has 1 aromatic heterocycles. The molecule has 0 radical (unpaired) electrons.